The minimum absolute atomic E-state index is 0.657. The van der Waals surface area contributed by atoms with E-state index in [4.69, 9.17) is 25.7 Å². The van der Waals surface area contributed by atoms with Crippen LogP contribution in [0.2, 0.25) is 0 Å². The number of phosphoric acid groups is 1. The van der Waals surface area contributed by atoms with Crippen molar-refractivity contribution in [2.75, 3.05) is 13.2 Å². The first-order chi connectivity index (χ1) is 18.8. The first-order valence-electron chi connectivity index (χ1n) is 9.75. The molecular formula is C30H11O8P. The van der Waals surface area contributed by atoms with Crippen LogP contribution in [0.15, 0.2) is 0 Å². The van der Waals surface area contributed by atoms with Crippen molar-refractivity contribution in [2.24, 2.45) is 0 Å². The quantitative estimate of drug-likeness (QED) is 0.199. The van der Waals surface area contributed by atoms with E-state index in [0.717, 1.165) is 0 Å². The molecule has 0 bridgehead atoms. The third kappa shape index (κ3) is 24.7. The van der Waals surface area contributed by atoms with Crippen LogP contribution < -0.4 is 0 Å². The van der Waals surface area contributed by atoms with E-state index in [1.807, 2.05) is 11.8 Å². The summed E-state index contributed by atoms with van der Waals surface area (Å²) >= 11 is 0. The van der Waals surface area contributed by atoms with Gasteiger partial charge in [-0.15, -0.1) is 6.42 Å². The fraction of sp³-hybridized carbons (Fsp3) is 0.133. The molecule has 0 aliphatic rings. The van der Waals surface area contributed by atoms with E-state index >= 15 is 0 Å². The fourth-order valence-corrected chi connectivity index (χ4v) is 1.77. The van der Waals surface area contributed by atoms with Crippen LogP contribution in [0.5, 0.6) is 0 Å². The van der Waals surface area contributed by atoms with Gasteiger partial charge in [-0.25, -0.2) is 14.2 Å². The van der Waals surface area contributed by atoms with Crippen molar-refractivity contribution in [1.82, 2.24) is 0 Å². The highest BCUT2D eigenvalue weighted by molar-refractivity contribution is 7.46. The zero-order valence-corrected chi connectivity index (χ0v) is 20.8. The lowest BCUT2D eigenvalue weighted by atomic mass is 10.4. The molecule has 0 rings (SSSR count). The van der Waals surface area contributed by atoms with Gasteiger partial charge >= 0.3 is 19.8 Å². The monoisotopic (exact) mass is 530 g/mol. The first-order valence-corrected chi connectivity index (χ1v) is 11.3. The van der Waals surface area contributed by atoms with Crippen LogP contribution in [0.4, 0.5) is 0 Å². The molecule has 8 nitrogen and oxygen atoms in total. The van der Waals surface area contributed by atoms with Crippen molar-refractivity contribution in [3.05, 3.63) is 0 Å². The second kappa shape index (κ2) is 22.2. The molecule has 0 aromatic carbocycles. The van der Waals surface area contributed by atoms with E-state index in [9.17, 15) is 14.2 Å². The van der Waals surface area contributed by atoms with Gasteiger partial charge in [-0.1, -0.05) is 5.92 Å². The van der Waals surface area contributed by atoms with E-state index < -0.39 is 39.1 Å². The van der Waals surface area contributed by atoms with Crippen molar-refractivity contribution >= 4 is 19.8 Å². The Morgan fingerprint density at radius 3 is 1.51 bits per heavy atom. The smallest absolute Gasteiger partial charge is 0.452 e. The van der Waals surface area contributed by atoms with Gasteiger partial charge in [0.2, 0.25) is 0 Å². The molecule has 0 spiro atoms. The summed E-state index contributed by atoms with van der Waals surface area (Å²) in [6, 6.07) is 0. The molecule has 0 aromatic heterocycles. The molecule has 0 aliphatic carbocycles. The van der Waals surface area contributed by atoms with Crippen LogP contribution in [-0.4, -0.2) is 41.0 Å². The maximum absolute atomic E-state index is 11.8. The number of terminal acetylenes is 1. The van der Waals surface area contributed by atoms with Crippen molar-refractivity contribution in [3.63, 3.8) is 0 Å². The van der Waals surface area contributed by atoms with Gasteiger partial charge in [0.15, 0.2) is 6.10 Å². The number of carbonyl (C=O) groups excluding carboxylic acids is 2. The van der Waals surface area contributed by atoms with E-state index in [1.54, 1.807) is 6.92 Å². The number of hydrogen-bond acceptors (Lipinski definition) is 6. The number of carbonyl (C=O) groups is 2. The average molecular weight is 530 g/mol. The maximum atomic E-state index is 11.8. The standard InChI is InChI=1S/C30H11O8P/c1-3-5-7-9-11-13-14-15-17-19-21-23-25-30(32)38-28(27-37-39(33,34)35)26-36-29(31)24-22-20-18-16-12-10-8-6-4-2/h1,28H,26-27H2,2H3,(H2,33,34,35)/t28-/m0/s1. The average Bonchev–Trinajstić information content (AvgIpc) is 2.89. The SMILES string of the molecule is C#CC#CC#CC#CC#CC#CC#CC(=O)O[C@@H](COC(=O)C#CC#CC#CC#CC#CC)COP(=O)(O)O. The number of rotatable bonds is 6. The number of esters is 2. The molecular weight excluding hydrogens is 519 g/mol. The van der Waals surface area contributed by atoms with Gasteiger partial charge < -0.3 is 19.3 Å². The molecule has 9 heteroatoms. The minimum atomic E-state index is -4.91. The molecule has 0 heterocycles. The van der Waals surface area contributed by atoms with Gasteiger partial charge in [-0.2, -0.15) is 0 Å². The number of hydrogen-bond donors (Lipinski definition) is 2. The van der Waals surface area contributed by atoms with E-state index in [0.29, 0.717) is 0 Å². The summed E-state index contributed by atoms with van der Waals surface area (Å²) in [4.78, 5) is 41.2. The highest BCUT2D eigenvalue weighted by Gasteiger charge is 2.22. The lowest BCUT2D eigenvalue weighted by Crippen LogP contribution is -2.28. The Morgan fingerprint density at radius 1 is 0.667 bits per heavy atom. The highest BCUT2D eigenvalue weighted by Crippen LogP contribution is 2.35. The summed E-state index contributed by atoms with van der Waals surface area (Å²) < 4.78 is 24.8. The lowest BCUT2D eigenvalue weighted by molar-refractivity contribution is -0.153. The fourth-order valence-electron chi connectivity index (χ4n) is 1.41. The van der Waals surface area contributed by atoms with Crippen molar-refractivity contribution in [3.8, 4) is 143 Å². The summed E-state index contributed by atoms with van der Waals surface area (Å²) in [5.41, 5.74) is 0. The van der Waals surface area contributed by atoms with E-state index in [1.165, 1.54) is 0 Å². The van der Waals surface area contributed by atoms with Gasteiger partial charge in [0.05, 0.1) is 6.61 Å². The van der Waals surface area contributed by atoms with Crippen LogP contribution in [-0.2, 0) is 28.2 Å². The molecule has 0 unspecified atom stereocenters. The van der Waals surface area contributed by atoms with Crippen molar-refractivity contribution < 1.29 is 37.9 Å². The van der Waals surface area contributed by atoms with Gasteiger partial charge in [0.25, 0.3) is 0 Å². The van der Waals surface area contributed by atoms with E-state index in [-0.39, 0.29) is 0 Å². The van der Waals surface area contributed by atoms with Gasteiger partial charge in [-0.3, -0.25) is 4.52 Å². The zero-order valence-electron chi connectivity index (χ0n) is 19.9. The Bertz CT molecular complexity index is 1760. The summed E-state index contributed by atoms with van der Waals surface area (Å²) in [5, 5.41) is 0. The summed E-state index contributed by atoms with van der Waals surface area (Å²) in [6.45, 7) is 0.148. The van der Waals surface area contributed by atoms with Gasteiger partial charge in [-0.05, 0) is 125 Å². The molecule has 1 atom stereocenters. The molecule has 39 heavy (non-hydrogen) atoms. The Labute approximate surface area is 226 Å². The van der Waals surface area contributed by atoms with Gasteiger partial charge in [0.1, 0.15) is 6.61 Å². The van der Waals surface area contributed by atoms with Crippen molar-refractivity contribution in [1.29, 1.82) is 0 Å². The maximum Gasteiger partial charge on any atom is 0.469 e. The van der Waals surface area contributed by atoms with Crippen LogP contribution in [0.1, 0.15) is 6.92 Å². The molecule has 0 saturated heterocycles. The summed E-state index contributed by atoms with van der Waals surface area (Å²) in [6.07, 6.45) is 3.48. The summed E-state index contributed by atoms with van der Waals surface area (Å²) in [5.74, 6) is 50.7. The lowest BCUT2D eigenvalue weighted by Gasteiger charge is -2.16. The number of ether oxygens (including phenoxy) is 2. The predicted molar refractivity (Wildman–Crippen MR) is 139 cm³/mol. The molecule has 0 saturated carbocycles. The zero-order chi connectivity index (χ0) is 29.0. The first kappa shape index (κ1) is 32.8. The molecule has 0 amide bonds. The topological polar surface area (TPSA) is 119 Å². The summed E-state index contributed by atoms with van der Waals surface area (Å²) in [7, 11) is -4.91. The van der Waals surface area contributed by atoms with Crippen LogP contribution in [0.3, 0.4) is 0 Å². The minimum Gasteiger partial charge on any atom is -0.452 e. The predicted octanol–water partition coefficient (Wildman–Crippen LogP) is -0.759. The Balaban J connectivity index is 5.03. The second-order valence-electron chi connectivity index (χ2n) is 5.43. The molecule has 0 aliphatic heterocycles. The van der Waals surface area contributed by atoms with Gasteiger partial charge in [0, 0.05) is 11.8 Å². The van der Waals surface area contributed by atoms with Crippen molar-refractivity contribution in [2.45, 2.75) is 13.0 Å². The largest absolute Gasteiger partial charge is 0.469 e. The Hall–Kier alpha value is -6.23. The van der Waals surface area contributed by atoms with E-state index in [2.05, 4.69) is 129 Å². The molecule has 2 N–H and O–H groups in total. The Morgan fingerprint density at radius 2 is 1.08 bits per heavy atom. The highest BCUT2D eigenvalue weighted by atomic mass is 31.2. The third-order valence-corrected chi connectivity index (χ3v) is 3.18. The molecule has 0 fully saturated rings. The second-order valence-corrected chi connectivity index (χ2v) is 6.67. The molecule has 184 valence electrons. The normalized spacial score (nSPS) is 7.64. The van der Waals surface area contributed by atoms with Crippen LogP contribution in [0.25, 0.3) is 0 Å². The molecule has 0 aromatic rings. The Kier molecular flexibility index (Phi) is 18.7. The van der Waals surface area contributed by atoms with Crippen LogP contribution >= 0.6 is 7.82 Å². The van der Waals surface area contributed by atoms with Crippen LogP contribution in [0, 0.1) is 143 Å². The number of phosphoric ester groups is 1. The third-order valence-electron chi connectivity index (χ3n) is 2.69. The molecule has 0 radical (unpaired) electrons.